The fourth-order valence-corrected chi connectivity index (χ4v) is 2.92. The standard InChI is InChI=1S/C13H20N2S/c1-10(14)3-2-4-11-5-6-12-13(9-11)16-8-7-15-12/h5-6,9-10,15H,2-4,7-8,14H2,1H3. The summed E-state index contributed by atoms with van der Waals surface area (Å²) in [5.74, 6) is 1.18. The molecule has 0 fully saturated rings. The molecule has 1 heterocycles. The van der Waals surface area contributed by atoms with Crippen molar-refractivity contribution in [2.24, 2.45) is 5.73 Å². The molecular weight excluding hydrogens is 216 g/mol. The minimum Gasteiger partial charge on any atom is -0.383 e. The predicted molar refractivity (Wildman–Crippen MR) is 72.2 cm³/mol. The van der Waals surface area contributed by atoms with Crippen LogP contribution < -0.4 is 11.1 Å². The summed E-state index contributed by atoms with van der Waals surface area (Å²) in [4.78, 5) is 1.41. The Morgan fingerprint density at radius 2 is 2.38 bits per heavy atom. The van der Waals surface area contributed by atoms with Crippen molar-refractivity contribution < 1.29 is 0 Å². The highest BCUT2D eigenvalue weighted by Crippen LogP contribution is 2.31. The normalized spacial score (nSPS) is 16.4. The highest BCUT2D eigenvalue weighted by Gasteiger charge is 2.09. The zero-order chi connectivity index (χ0) is 11.4. The van der Waals surface area contributed by atoms with E-state index in [0.717, 1.165) is 19.4 Å². The lowest BCUT2D eigenvalue weighted by atomic mass is 10.1. The molecule has 0 aliphatic carbocycles. The van der Waals surface area contributed by atoms with Crippen LogP contribution in [0.3, 0.4) is 0 Å². The van der Waals surface area contributed by atoms with Gasteiger partial charge in [0.05, 0.1) is 0 Å². The first-order valence-electron chi connectivity index (χ1n) is 6.01. The Balaban J connectivity index is 1.95. The molecular formula is C13H20N2S. The van der Waals surface area contributed by atoms with E-state index in [4.69, 9.17) is 5.73 Å². The van der Waals surface area contributed by atoms with Crippen LogP contribution in [0.5, 0.6) is 0 Å². The maximum atomic E-state index is 5.75. The van der Waals surface area contributed by atoms with Crippen molar-refractivity contribution in [2.75, 3.05) is 17.6 Å². The van der Waals surface area contributed by atoms with E-state index in [2.05, 4.69) is 30.4 Å². The first kappa shape index (κ1) is 11.8. The zero-order valence-electron chi connectivity index (χ0n) is 9.83. The number of rotatable bonds is 4. The Kier molecular flexibility index (Phi) is 4.13. The van der Waals surface area contributed by atoms with Crippen molar-refractivity contribution in [1.82, 2.24) is 0 Å². The molecule has 2 nitrogen and oxygen atoms in total. The van der Waals surface area contributed by atoms with Crippen LogP contribution in [-0.4, -0.2) is 18.3 Å². The minimum atomic E-state index is 0.327. The first-order valence-corrected chi connectivity index (χ1v) is 6.99. The highest BCUT2D eigenvalue weighted by molar-refractivity contribution is 7.99. The number of nitrogens with one attached hydrogen (secondary N) is 1. The van der Waals surface area contributed by atoms with E-state index in [1.165, 1.54) is 28.3 Å². The average molecular weight is 236 g/mol. The summed E-state index contributed by atoms with van der Waals surface area (Å²) < 4.78 is 0. The van der Waals surface area contributed by atoms with Gasteiger partial charge in [0.25, 0.3) is 0 Å². The molecule has 0 aromatic heterocycles. The van der Waals surface area contributed by atoms with Crippen LogP contribution in [0.4, 0.5) is 5.69 Å². The van der Waals surface area contributed by atoms with Gasteiger partial charge in [0, 0.05) is 28.9 Å². The van der Waals surface area contributed by atoms with E-state index in [-0.39, 0.29) is 0 Å². The molecule has 1 aromatic carbocycles. The second kappa shape index (κ2) is 5.60. The fraction of sp³-hybridized carbons (Fsp3) is 0.538. The van der Waals surface area contributed by atoms with Crippen LogP contribution in [-0.2, 0) is 6.42 Å². The molecule has 0 saturated heterocycles. The van der Waals surface area contributed by atoms with Gasteiger partial charge in [-0.25, -0.2) is 0 Å². The number of nitrogens with two attached hydrogens (primary N) is 1. The van der Waals surface area contributed by atoms with Gasteiger partial charge >= 0.3 is 0 Å². The largest absolute Gasteiger partial charge is 0.383 e. The third-order valence-electron chi connectivity index (χ3n) is 2.85. The van der Waals surface area contributed by atoms with Crippen LogP contribution in [0.2, 0.25) is 0 Å². The lowest BCUT2D eigenvalue weighted by Crippen LogP contribution is -2.14. The molecule has 0 bridgehead atoms. The molecule has 1 aliphatic rings. The number of hydrogen-bond acceptors (Lipinski definition) is 3. The third kappa shape index (κ3) is 3.16. The second-order valence-electron chi connectivity index (χ2n) is 4.48. The van der Waals surface area contributed by atoms with E-state index < -0.39 is 0 Å². The SMILES string of the molecule is CC(N)CCCc1ccc2c(c1)SCCN2. The average Bonchev–Trinajstić information content (AvgIpc) is 2.28. The Hall–Kier alpha value is -0.670. The molecule has 1 aliphatic heterocycles. The summed E-state index contributed by atoms with van der Waals surface area (Å²) in [7, 11) is 0. The molecule has 1 atom stereocenters. The van der Waals surface area contributed by atoms with Crippen LogP contribution >= 0.6 is 11.8 Å². The lowest BCUT2D eigenvalue weighted by molar-refractivity contribution is 0.624. The van der Waals surface area contributed by atoms with E-state index in [1.54, 1.807) is 0 Å². The molecule has 0 saturated carbocycles. The highest BCUT2D eigenvalue weighted by atomic mass is 32.2. The fourth-order valence-electron chi connectivity index (χ4n) is 1.96. The maximum Gasteiger partial charge on any atom is 0.0478 e. The summed E-state index contributed by atoms with van der Waals surface area (Å²) >= 11 is 1.96. The van der Waals surface area contributed by atoms with Crippen molar-refractivity contribution in [2.45, 2.75) is 37.1 Å². The van der Waals surface area contributed by atoms with Gasteiger partial charge in [0.2, 0.25) is 0 Å². The van der Waals surface area contributed by atoms with Gasteiger partial charge in [-0.3, -0.25) is 0 Å². The van der Waals surface area contributed by atoms with Crippen molar-refractivity contribution in [3.63, 3.8) is 0 Å². The molecule has 3 heteroatoms. The number of aryl methyl sites for hydroxylation is 1. The molecule has 3 N–H and O–H groups in total. The number of fused-ring (bicyclic) bond motifs is 1. The van der Waals surface area contributed by atoms with Crippen molar-refractivity contribution >= 4 is 17.4 Å². The van der Waals surface area contributed by atoms with Crippen LogP contribution in [0.15, 0.2) is 23.1 Å². The van der Waals surface area contributed by atoms with E-state index in [9.17, 15) is 0 Å². The molecule has 1 unspecified atom stereocenters. The first-order chi connectivity index (χ1) is 7.75. The smallest absolute Gasteiger partial charge is 0.0478 e. The summed E-state index contributed by atoms with van der Waals surface area (Å²) in [5, 5.41) is 3.42. The van der Waals surface area contributed by atoms with E-state index >= 15 is 0 Å². The quantitative estimate of drug-likeness (QED) is 0.844. The van der Waals surface area contributed by atoms with Crippen molar-refractivity contribution in [3.05, 3.63) is 23.8 Å². The van der Waals surface area contributed by atoms with Gasteiger partial charge in [-0.05, 0) is 43.9 Å². The Bertz CT molecular complexity index is 350. The van der Waals surface area contributed by atoms with Gasteiger partial charge < -0.3 is 11.1 Å². The zero-order valence-corrected chi connectivity index (χ0v) is 10.6. The van der Waals surface area contributed by atoms with Crippen LogP contribution in [0.25, 0.3) is 0 Å². The summed E-state index contributed by atoms with van der Waals surface area (Å²) in [6, 6.07) is 7.10. The lowest BCUT2D eigenvalue weighted by Gasteiger charge is -2.18. The van der Waals surface area contributed by atoms with E-state index in [0.29, 0.717) is 6.04 Å². The molecule has 0 radical (unpaired) electrons. The Labute approximate surface area is 102 Å². The van der Waals surface area contributed by atoms with Crippen molar-refractivity contribution in [3.8, 4) is 0 Å². The van der Waals surface area contributed by atoms with Gasteiger partial charge in [-0.1, -0.05) is 6.07 Å². The molecule has 1 aromatic rings. The van der Waals surface area contributed by atoms with Gasteiger partial charge in [0.1, 0.15) is 0 Å². The summed E-state index contributed by atoms with van der Waals surface area (Å²) in [5.41, 5.74) is 8.49. The van der Waals surface area contributed by atoms with Crippen LogP contribution in [0, 0.1) is 0 Å². The number of benzene rings is 1. The van der Waals surface area contributed by atoms with Gasteiger partial charge in [0.15, 0.2) is 0 Å². The van der Waals surface area contributed by atoms with Gasteiger partial charge in [-0.2, -0.15) is 0 Å². The maximum absolute atomic E-state index is 5.75. The van der Waals surface area contributed by atoms with Crippen molar-refractivity contribution in [1.29, 1.82) is 0 Å². The number of hydrogen-bond donors (Lipinski definition) is 2. The number of thioether (sulfide) groups is 1. The minimum absolute atomic E-state index is 0.327. The molecule has 2 rings (SSSR count). The summed E-state index contributed by atoms with van der Waals surface area (Å²) in [6.45, 7) is 3.16. The van der Waals surface area contributed by atoms with E-state index in [1.807, 2.05) is 11.8 Å². The van der Waals surface area contributed by atoms with Crippen LogP contribution in [0.1, 0.15) is 25.3 Å². The Morgan fingerprint density at radius 3 is 3.19 bits per heavy atom. The Morgan fingerprint density at radius 1 is 1.50 bits per heavy atom. The predicted octanol–water partition coefficient (Wildman–Crippen LogP) is 2.87. The third-order valence-corrected chi connectivity index (χ3v) is 3.90. The topological polar surface area (TPSA) is 38.0 Å². The molecule has 16 heavy (non-hydrogen) atoms. The molecule has 0 spiro atoms. The molecule has 88 valence electrons. The number of anilines is 1. The second-order valence-corrected chi connectivity index (χ2v) is 5.61. The summed E-state index contributed by atoms with van der Waals surface area (Å²) in [6.07, 6.45) is 3.45. The monoisotopic (exact) mass is 236 g/mol. The van der Waals surface area contributed by atoms with Gasteiger partial charge in [-0.15, -0.1) is 11.8 Å². The molecule has 0 amide bonds.